The average molecular weight is 358 g/mol. The van der Waals surface area contributed by atoms with Gasteiger partial charge in [-0.2, -0.15) is 0 Å². The van der Waals surface area contributed by atoms with E-state index < -0.39 is 10.0 Å². The van der Waals surface area contributed by atoms with Gasteiger partial charge in [0.05, 0.1) is 10.6 Å². The topological polar surface area (TPSA) is 101 Å². The van der Waals surface area contributed by atoms with Crippen LogP contribution < -0.4 is 10.0 Å². The maximum atomic E-state index is 12.1. The predicted octanol–water partition coefficient (Wildman–Crippen LogP) is 1.65. The summed E-state index contributed by atoms with van der Waals surface area (Å²) in [5.41, 5.74) is 0.849. The van der Waals surface area contributed by atoms with Crippen LogP contribution in [-0.4, -0.2) is 32.6 Å². The van der Waals surface area contributed by atoms with Crippen molar-refractivity contribution in [1.82, 2.24) is 15.2 Å². The van der Waals surface area contributed by atoms with Crippen LogP contribution >= 0.6 is 11.6 Å². The fraction of sp³-hybridized carbons (Fsp3) is 0.286. The maximum Gasteiger partial charge on any atom is 0.256 e. The van der Waals surface area contributed by atoms with Crippen LogP contribution in [-0.2, 0) is 10.0 Å². The first-order valence-corrected chi connectivity index (χ1v) is 8.63. The number of carbonyl (C=O) groups excluding carboxylic acids is 1. The molecule has 2 aromatic rings. The van der Waals surface area contributed by atoms with E-state index in [1.807, 2.05) is 0 Å². The number of sulfonamides is 1. The fourth-order valence-corrected chi connectivity index (χ4v) is 3.31. The number of amides is 1. The number of nitrogens with one attached hydrogen (secondary N) is 2. The minimum absolute atomic E-state index is 0.0456. The number of benzene rings is 1. The molecule has 23 heavy (non-hydrogen) atoms. The molecule has 1 heterocycles. The number of aromatic nitrogens is 1. The Labute approximate surface area is 139 Å². The predicted molar refractivity (Wildman–Crippen MR) is 85.0 cm³/mol. The van der Waals surface area contributed by atoms with Gasteiger partial charge in [0.15, 0.2) is 0 Å². The molecule has 1 aromatic heterocycles. The van der Waals surface area contributed by atoms with Crippen LogP contribution in [0.5, 0.6) is 0 Å². The minimum atomic E-state index is -3.67. The molecule has 124 valence electrons. The molecule has 0 spiro atoms. The number of halogens is 1. The summed E-state index contributed by atoms with van der Waals surface area (Å²) in [5.74, 6) is 0.0581. The van der Waals surface area contributed by atoms with Gasteiger partial charge >= 0.3 is 0 Å². The Hall–Kier alpha value is -1.90. The zero-order valence-corrected chi connectivity index (χ0v) is 14.2. The van der Waals surface area contributed by atoms with Gasteiger partial charge in [-0.3, -0.25) is 4.79 Å². The molecule has 0 aliphatic heterocycles. The summed E-state index contributed by atoms with van der Waals surface area (Å²) in [6, 6.07) is 5.93. The molecule has 0 aliphatic rings. The summed E-state index contributed by atoms with van der Waals surface area (Å²) in [7, 11) is -3.67. The van der Waals surface area contributed by atoms with E-state index in [1.54, 1.807) is 26.0 Å². The van der Waals surface area contributed by atoms with E-state index in [9.17, 15) is 13.2 Å². The Morgan fingerprint density at radius 2 is 2.04 bits per heavy atom. The van der Waals surface area contributed by atoms with Gasteiger partial charge < -0.3 is 9.84 Å². The SMILES string of the molecule is Cc1noc(C)c1C(=O)NCCNS(=O)(=O)c1cccc(Cl)c1. The molecule has 0 fully saturated rings. The number of nitrogens with zero attached hydrogens (tertiary/aromatic N) is 1. The third kappa shape index (κ3) is 4.31. The molecule has 9 heteroatoms. The lowest BCUT2D eigenvalue weighted by molar-refractivity contribution is 0.0952. The van der Waals surface area contributed by atoms with Crippen molar-refractivity contribution in [1.29, 1.82) is 0 Å². The van der Waals surface area contributed by atoms with Crippen molar-refractivity contribution in [3.8, 4) is 0 Å². The lowest BCUT2D eigenvalue weighted by atomic mass is 10.2. The molecule has 7 nitrogen and oxygen atoms in total. The zero-order chi connectivity index (χ0) is 17.0. The first kappa shape index (κ1) is 17.5. The van der Waals surface area contributed by atoms with E-state index in [0.29, 0.717) is 22.0 Å². The molecule has 0 unspecified atom stereocenters. The lowest BCUT2D eigenvalue weighted by Crippen LogP contribution is -2.35. The van der Waals surface area contributed by atoms with Crippen LogP contribution in [0.4, 0.5) is 0 Å². The van der Waals surface area contributed by atoms with Gasteiger partial charge in [-0.05, 0) is 32.0 Å². The molecule has 0 bridgehead atoms. The number of aryl methyl sites for hydroxylation is 2. The standard InChI is InChI=1S/C14H16ClN3O4S/c1-9-13(10(2)22-18-9)14(19)16-6-7-17-23(20,21)12-5-3-4-11(15)8-12/h3-5,8,17H,6-7H2,1-2H3,(H,16,19). The normalized spacial score (nSPS) is 11.4. The molecular formula is C14H16ClN3O4S. The van der Waals surface area contributed by atoms with Crippen molar-refractivity contribution >= 4 is 27.5 Å². The number of hydrogen-bond donors (Lipinski definition) is 2. The smallest absolute Gasteiger partial charge is 0.256 e. The highest BCUT2D eigenvalue weighted by Crippen LogP contribution is 2.15. The van der Waals surface area contributed by atoms with Gasteiger partial charge in [-0.15, -0.1) is 0 Å². The molecule has 1 aromatic carbocycles. The van der Waals surface area contributed by atoms with E-state index in [4.69, 9.17) is 16.1 Å². The van der Waals surface area contributed by atoms with Crippen LogP contribution in [0, 0.1) is 13.8 Å². The van der Waals surface area contributed by atoms with E-state index in [0.717, 1.165) is 0 Å². The molecule has 0 saturated heterocycles. The highest BCUT2D eigenvalue weighted by molar-refractivity contribution is 7.89. The lowest BCUT2D eigenvalue weighted by Gasteiger charge is -2.08. The largest absolute Gasteiger partial charge is 0.361 e. The minimum Gasteiger partial charge on any atom is -0.361 e. The fourth-order valence-electron chi connectivity index (χ4n) is 1.97. The number of carbonyl (C=O) groups is 1. The van der Waals surface area contributed by atoms with Crippen molar-refractivity contribution in [3.05, 3.63) is 46.3 Å². The Bertz CT molecular complexity index is 798. The summed E-state index contributed by atoms with van der Waals surface area (Å²) in [6.45, 7) is 3.47. The van der Waals surface area contributed by atoms with E-state index in [-0.39, 0.29) is 23.9 Å². The zero-order valence-electron chi connectivity index (χ0n) is 12.6. The monoisotopic (exact) mass is 357 g/mol. The molecule has 0 saturated carbocycles. The van der Waals surface area contributed by atoms with Crippen molar-refractivity contribution < 1.29 is 17.7 Å². The highest BCUT2D eigenvalue weighted by atomic mass is 35.5. The van der Waals surface area contributed by atoms with Gasteiger partial charge in [0.25, 0.3) is 5.91 Å². The Kier molecular flexibility index (Phi) is 5.40. The molecule has 0 atom stereocenters. The molecule has 2 rings (SSSR count). The highest BCUT2D eigenvalue weighted by Gasteiger charge is 2.17. The van der Waals surface area contributed by atoms with Crippen LogP contribution in [0.25, 0.3) is 0 Å². The summed E-state index contributed by atoms with van der Waals surface area (Å²) in [5, 5.41) is 6.64. The van der Waals surface area contributed by atoms with Crippen LogP contribution in [0.1, 0.15) is 21.8 Å². The van der Waals surface area contributed by atoms with Crippen molar-refractivity contribution in [2.45, 2.75) is 18.7 Å². The molecular weight excluding hydrogens is 342 g/mol. The maximum absolute atomic E-state index is 12.1. The number of hydrogen-bond acceptors (Lipinski definition) is 5. The summed E-state index contributed by atoms with van der Waals surface area (Å²) in [4.78, 5) is 12.1. The third-order valence-electron chi connectivity index (χ3n) is 3.07. The first-order valence-electron chi connectivity index (χ1n) is 6.77. The summed E-state index contributed by atoms with van der Waals surface area (Å²) < 4.78 is 31.4. The molecule has 1 amide bonds. The van der Waals surface area contributed by atoms with Gasteiger partial charge in [0.1, 0.15) is 11.3 Å². The second-order valence-electron chi connectivity index (χ2n) is 4.81. The van der Waals surface area contributed by atoms with E-state index >= 15 is 0 Å². The van der Waals surface area contributed by atoms with E-state index in [1.165, 1.54) is 12.1 Å². The van der Waals surface area contributed by atoms with Gasteiger partial charge in [0, 0.05) is 18.1 Å². The Morgan fingerprint density at radius 3 is 2.65 bits per heavy atom. The molecule has 2 N–H and O–H groups in total. The second kappa shape index (κ2) is 7.12. The van der Waals surface area contributed by atoms with E-state index in [2.05, 4.69) is 15.2 Å². The van der Waals surface area contributed by atoms with Crippen LogP contribution in [0.2, 0.25) is 5.02 Å². The van der Waals surface area contributed by atoms with Crippen molar-refractivity contribution in [3.63, 3.8) is 0 Å². The average Bonchev–Trinajstić information content (AvgIpc) is 2.82. The summed E-state index contributed by atoms with van der Waals surface area (Å²) in [6.07, 6.45) is 0. The van der Waals surface area contributed by atoms with Gasteiger partial charge in [-0.1, -0.05) is 22.8 Å². The second-order valence-corrected chi connectivity index (χ2v) is 7.01. The Balaban J connectivity index is 1.89. The van der Waals surface area contributed by atoms with Crippen LogP contribution in [0.15, 0.2) is 33.7 Å². The van der Waals surface area contributed by atoms with Crippen molar-refractivity contribution in [2.75, 3.05) is 13.1 Å². The summed E-state index contributed by atoms with van der Waals surface area (Å²) >= 11 is 5.78. The van der Waals surface area contributed by atoms with Gasteiger partial charge in [-0.25, -0.2) is 13.1 Å². The third-order valence-corrected chi connectivity index (χ3v) is 4.76. The number of rotatable bonds is 6. The van der Waals surface area contributed by atoms with Crippen molar-refractivity contribution in [2.24, 2.45) is 0 Å². The quantitative estimate of drug-likeness (QED) is 0.765. The van der Waals surface area contributed by atoms with Crippen LogP contribution in [0.3, 0.4) is 0 Å². The molecule has 0 aliphatic carbocycles. The van der Waals surface area contributed by atoms with Gasteiger partial charge in [0.2, 0.25) is 10.0 Å². The Morgan fingerprint density at radius 1 is 1.30 bits per heavy atom. The first-order chi connectivity index (χ1) is 10.8. The molecule has 0 radical (unpaired) electrons.